The highest BCUT2D eigenvalue weighted by atomic mass is 35.5. The van der Waals surface area contributed by atoms with Crippen LogP contribution < -0.4 is 0 Å². The number of pyridine rings is 1. The molecule has 4 nitrogen and oxygen atoms in total. The molecular weight excluding hydrogens is 252 g/mol. The number of rotatable bonds is 3. The van der Waals surface area contributed by atoms with E-state index in [4.69, 9.17) is 16.7 Å². The molecule has 0 saturated carbocycles. The molecule has 0 fully saturated rings. The Morgan fingerprint density at radius 2 is 2.17 bits per heavy atom. The quantitative estimate of drug-likeness (QED) is 0.681. The minimum absolute atomic E-state index is 0.207. The van der Waals surface area contributed by atoms with Crippen molar-refractivity contribution >= 4 is 29.5 Å². The molecule has 1 heterocycles. The third-order valence-corrected chi connectivity index (χ3v) is 2.43. The van der Waals surface area contributed by atoms with E-state index in [1.54, 1.807) is 36.7 Å². The summed E-state index contributed by atoms with van der Waals surface area (Å²) in [5.74, 6) is -0.972. The van der Waals surface area contributed by atoms with E-state index in [1.165, 1.54) is 12.1 Å². The average molecular weight is 261 g/mol. The van der Waals surface area contributed by atoms with Crippen molar-refractivity contribution in [3.8, 4) is 0 Å². The first kappa shape index (κ1) is 12.3. The minimum atomic E-state index is -0.972. The summed E-state index contributed by atoms with van der Waals surface area (Å²) in [6, 6.07) is 9.84. The summed E-state index contributed by atoms with van der Waals surface area (Å²) in [4.78, 5) is 18.9. The Morgan fingerprint density at radius 1 is 1.33 bits per heavy atom. The fourth-order valence-corrected chi connectivity index (χ4v) is 1.44. The van der Waals surface area contributed by atoms with Gasteiger partial charge in [-0.2, -0.15) is 0 Å². The van der Waals surface area contributed by atoms with Crippen LogP contribution in [0.25, 0.3) is 0 Å². The number of carboxylic acid groups (broad SMARTS) is 1. The van der Waals surface area contributed by atoms with E-state index < -0.39 is 5.97 Å². The molecule has 0 radical (unpaired) electrons. The zero-order valence-corrected chi connectivity index (χ0v) is 10.0. The molecule has 2 rings (SSSR count). The molecule has 0 amide bonds. The molecule has 0 atom stereocenters. The van der Waals surface area contributed by atoms with Crippen molar-refractivity contribution in [2.45, 2.75) is 0 Å². The highest BCUT2D eigenvalue weighted by Crippen LogP contribution is 2.14. The predicted molar refractivity (Wildman–Crippen MR) is 69.9 cm³/mol. The van der Waals surface area contributed by atoms with Gasteiger partial charge in [-0.1, -0.05) is 17.7 Å². The standard InChI is InChI=1S/C13H9ClN2O2/c14-12-5-4-9(8-16-12)7-15-11-3-1-2-10(6-11)13(17)18/h1-8H,(H,17,18). The van der Waals surface area contributed by atoms with Crippen LogP contribution in [0.5, 0.6) is 0 Å². The first-order valence-electron chi connectivity index (χ1n) is 5.14. The summed E-state index contributed by atoms with van der Waals surface area (Å²) in [5, 5.41) is 9.27. The van der Waals surface area contributed by atoms with Crippen LogP contribution in [-0.4, -0.2) is 22.3 Å². The lowest BCUT2D eigenvalue weighted by atomic mass is 10.2. The van der Waals surface area contributed by atoms with Gasteiger partial charge in [0.05, 0.1) is 11.3 Å². The van der Waals surface area contributed by atoms with E-state index in [1.807, 2.05) is 0 Å². The van der Waals surface area contributed by atoms with Gasteiger partial charge in [0.25, 0.3) is 0 Å². The minimum Gasteiger partial charge on any atom is -0.478 e. The van der Waals surface area contributed by atoms with E-state index in [0.29, 0.717) is 10.8 Å². The Bertz CT molecular complexity index is 594. The second-order valence-corrected chi connectivity index (χ2v) is 3.92. The Kier molecular flexibility index (Phi) is 3.69. The van der Waals surface area contributed by atoms with E-state index in [2.05, 4.69) is 9.98 Å². The molecule has 0 saturated heterocycles. The zero-order valence-electron chi connectivity index (χ0n) is 9.25. The number of nitrogens with zero attached hydrogens (tertiary/aromatic N) is 2. The van der Waals surface area contributed by atoms with Gasteiger partial charge in [0.15, 0.2) is 0 Å². The molecular formula is C13H9ClN2O2. The lowest BCUT2D eigenvalue weighted by Gasteiger charge is -1.97. The third kappa shape index (κ3) is 3.15. The van der Waals surface area contributed by atoms with Crippen molar-refractivity contribution < 1.29 is 9.90 Å². The highest BCUT2D eigenvalue weighted by molar-refractivity contribution is 6.29. The van der Waals surface area contributed by atoms with Crippen molar-refractivity contribution in [2.24, 2.45) is 4.99 Å². The number of carbonyl (C=O) groups is 1. The van der Waals surface area contributed by atoms with Gasteiger partial charge in [-0.05, 0) is 30.3 Å². The number of aromatic nitrogens is 1. The topological polar surface area (TPSA) is 62.5 Å². The SMILES string of the molecule is O=C(O)c1cccc(N=Cc2ccc(Cl)nc2)c1. The first-order valence-corrected chi connectivity index (χ1v) is 5.52. The fraction of sp³-hybridized carbons (Fsp3) is 0. The maximum absolute atomic E-state index is 10.8. The maximum Gasteiger partial charge on any atom is 0.335 e. The summed E-state index contributed by atoms with van der Waals surface area (Å²) >= 11 is 5.66. The Balaban J connectivity index is 2.20. The van der Waals surface area contributed by atoms with E-state index in [-0.39, 0.29) is 5.56 Å². The zero-order chi connectivity index (χ0) is 13.0. The summed E-state index contributed by atoms with van der Waals surface area (Å²) in [6.45, 7) is 0. The molecule has 0 spiro atoms. The summed E-state index contributed by atoms with van der Waals surface area (Å²) in [7, 11) is 0. The molecule has 1 aromatic carbocycles. The molecule has 1 aromatic heterocycles. The van der Waals surface area contributed by atoms with Crippen LogP contribution in [0.15, 0.2) is 47.6 Å². The van der Waals surface area contributed by atoms with Crippen LogP contribution in [0.4, 0.5) is 5.69 Å². The second kappa shape index (κ2) is 5.42. The molecule has 18 heavy (non-hydrogen) atoms. The largest absolute Gasteiger partial charge is 0.478 e. The number of hydrogen-bond acceptors (Lipinski definition) is 3. The van der Waals surface area contributed by atoms with Crippen LogP contribution in [-0.2, 0) is 0 Å². The normalized spacial score (nSPS) is 10.7. The van der Waals surface area contributed by atoms with Gasteiger partial charge in [-0.15, -0.1) is 0 Å². The summed E-state index contributed by atoms with van der Waals surface area (Å²) in [6.07, 6.45) is 3.19. The summed E-state index contributed by atoms with van der Waals surface area (Å²) < 4.78 is 0. The number of aromatic carboxylic acids is 1. The van der Waals surface area contributed by atoms with Crippen LogP contribution in [0.1, 0.15) is 15.9 Å². The van der Waals surface area contributed by atoms with Gasteiger partial charge < -0.3 is 5.11 Å². The van der Waals surface area contributed by atoms with Crippen molar-refractivity contribution in [1.29, 1.82) is 0 Å². The average Bonchev–Trinajstić information content (AvgIpc) is 2.38. The van der Waals surface area contributed by atoms with Gasteiger partial charge in [0, 0.05) is 18.0 Å². The Hall–Kier alpha value is -2.20. The number of halogens is 1. The molecule has 0 unspecified atom stereocenters. The molecule has 0 bridgehead atoms. The fourth-order valence-electron chi connectivity index (χ4n) is 1.33. The third-order valence-electron chi connectivity index (χ3n) is 2.21. The van der Waals surface area contributed by atoms with Crippen LogP contribution in [0.2, 0.25) is 5.15 Å². The monoisotopic (exact) mass is 260 g/mol. The Labute approximate surface area is 109 Å². The van der Waals surface area contributed by atoms with Gasteiger partial charge in [-0.3, -0.25) is 4.99 Å². The first-order chi connectivity index (χ1) is 8.65. The van der Waals surface area contributed by atoms with Crippen LogP contribution >= 0.6 is 11.6 Å². The predicted octanol–water partition coefficient (Wildman–Crippen LogP) is 3.18. The van der Waals surface area contributed by atoms with Crippen molar-refractivity contribution in [1.82, 2.24) is 4.98 Å². The van der Waals surface area contributed by atoms with Crippen LogP contribution in [0.3, 0.4) is 0 Å². The molecule has 0 aliphatic heterocycles. The van der Waals surface area contributed by atoms with Crippen molar-refractivity contribution in [3.63, 3.8) is 0 Å². The van der Waals surface area contributed by atoms with Crippen molar-refractivity contribution in [3.05, 3.63) is 58.9 Å². The number of aliphatic imine (C=N–C) groups is 1. The molecule has 2 aromatic rings. The summed E-state index contributed by atoms with van der Waals surface area (Å²) in [5.41, 5.74) is 1.57. The maximum atomic E-state index is 10.8. The number of carboxylic acids is 1. The number of hydrogen-bond donors (Lipinski definition) is 1. The highest BCUT2D eigenvalue weighted by Gasteiger charge is 2.01. The van der Waals surface area contributed by atoms with Gasteiger partial charge in [-0.25, -0.2) is 9.78 Å². The van der Waals surface area contributed by atoms with Crippen molar-refractivity contribution in [2.75, 3.05) is 0 Å². The Morgan fingerprint density at radius 3 is 2.83 bits per heavy atom. The molecule has 5 heteroatoms. The smallest absolute Gasteiger partial charge is 0.335 e. The van der Waals surface area contributed by atoms with E-state index in [9.17, 15) is 4.79 Å². The molecule has 0 aliphatic rings. The van der Waals surface area contributed by atoms with E-state index in [0.717, 1.165) is 5.56 Å². The van der Waals surface area contributed by atoms with Gasteiger partial charge >= 0.3 is 5.97 Å². The van der Waals surface area contributed by atoms with E-state index >= 15 is 0 Å². The van der Waals surface area contributed by atoms with Crippen LogP contribution in [0, 0.1) is 0 Å². The molecule has 0 aliphatic carbocycles. The van der Waals surface area contributed by atoms with Gasteiger partial charge in [0.2, 0.25) is 0 Å². The lowest BCUT2D eigenvalue weighted by Crippen LogP contribution is -1.94. The lowest BCUT2D eigenvalue weighted by molar-refractivity contribution is 0.0697. The molecule has 1 N–H and O–H groups in total. The molecule has 90 valence electrons. The van der Waals surface area contributed by atoms with Gasteiger partial charge in [0.1, 0.15) is 5.15 Å². The number of benzene rings is 1. The second-order valence-electron chi connectivity index (χ2n) is 3.53.